The summed E-state index contributed by atoms with van der Waals surface area (Å²) in [6, 6.07) is 5.11. The van der Waals surface area contributed by atoms with Crippen LogP contribution < -0.4 is 10.1 Å². The second kappa shape index (κ2) is 6.47. The van der Waals surface area contributed by atoms with E-state index in [0.717, 1.165) is 17.3 Å². The number of benzene rings is 1. The van der Waals surface area contributed by atoms with Crippen LogP contribution in [0.4, 0.5) is 0 Å². The van der Waals surface area contributed by atoms with E-state index in [1.54, 1.807) is 18.2 Å². The number of hydrogen-bond donors (Lipinski definition) is 2. The number of methoxy groups -OCH3 is 1. The van der Waals surface area contributed by atoms with Gasteiger partial charge < -0.3 is 15.2 Å². The number of carboxylic acids is 1. The number of nitrogens with one attached hydrogen (secondary N) is 1. The van der Waals surface area contributed by atoms with E-state index in [2.05, 4.69) is 21.2 Å². The van der Waals surface area contributed by atoms with Crippen molar-refractivity contribution < 1.29 is 19.4 Å². The number of halogens is 1. The van der Waals surface area contributed by atoms with E-state index in [0.29, 0.717) is 24.2 Å². The molecule has 2 rings (SSSR count). The van der Waals surface area contributed by atoms with Crippen LogP contribution in [0.3, 0.4) is 0 Å². The largest absolute Gasteiger partial charge is 0.496 e. The van der Waals surface area contributed by atoms with Gasteiger partial charge in [-0.25, -0.2) is 0 Å². The van der Waals surface area contributed by atoms with Crippen LogP contribution in [0.2, 0.25) is 0 Å². The van der Waals surface area contributed by atoms with Crippen molar-refractivity contribution in [3.05, 3.63) is 28.2 Å². The molecule has 1 aliphatic rings. The molecule has 1 aromatic rings. The number of aliphatic carboxylic acids is 1. The van der Waals surface area contributed by atoms with Crippen molar-refractivity contribution in [2.75, 3.05) is 13.7 Å². The van der Waals surface area contributed by atoms with Gasteiger partial charge in [-0.3, -0.25) is 9.59 Å². The van der Waals surface area contributed by atoms with Crippen molar-refractivity contribution >= 4 is 27.8 Å². The van der Waals surface area contributed by atoms with Crippen molar-refractivity contribution in [3.63, 3.8) is 0 Å². The maximum atomic E-state index is 12.3. The Bertz CT molecular complexity index is 553. The van der Waals surface area contributed by atoms with Gasteiger partial charge in [0.2, 0.25) is 0 Å². The molecule has 0 atom stereocenters. The van der Waals surface area contributed by atoms with Crippen LogP contribution in [-0.2, 0) is 4.79 Å². The Labute approximate surface area is 131 Å². The fourth-order valence-corrected chi connectivity index (χ4v) is 3.06. The topological polar surface area (TPSA) is 75.6 Å². The number of carbonyl (C=O) groups is 2. The van der Waals surface area contributed by atoms with E-state index in [-0.39, 0.29) is 12.5 Å². The standard InChI is InChI=1S/C15H18BrNO4/c1-21-12-8-10(16)4-5-11(12)13(18)17-9-15(14(19)20)6-2-3-7-15/h4-5,8H,2-3,6-7,9H2,1H3,(H,17,18)(H,19,20). The van der Waals surface area contributed by atoms with E-state index < -0.39 is 11.4 Å². The molecule has 0 unspecified atom stereocenters. The van der Waals surface area contributed by atoms with E-state index in [4.69, 9.17) is 4.74 Å². The summed E-state index contributed by atoms with van der Waals surface area (Å²) in [5.41, 5.74) is -0.419. The highest BCUT2D eigenvalue weighted by Gasteiger charge is 2.41. The summed E-state index contributed by atoms with van der Waals surface area (Å²) in [5.74, 6) is -0.687. The Morgan fingerprint density at radius 2 is 2.05 bits per heavy atom. The molecule has 1 aromatic carbocycles. The summed E-state index contributed by atoms with van der Waals surface area (Å²) in [5, 5.41) is 12.1. The second-order valence-electron chi connectivity index (χ2n) is 5.32. The van der Waals surface area contributed by atoms with Gasteiger partial charge in [0, 0.05) is 11.0 Å². The summed E-state index contributed by atoms with van der Waals surface area (Å²) in [6.07, 6.45) is 3.01. The highest BCUT2D eigenvalue weighted by atomic mass is 79.9. The average molecular weight is 356 g/mol. The smallest absolute Gasteiger partial charge is 0.311 e. The lowest BCUT2D eigenvalue weighted by Gasteiger charge is -2.24. The van der Waals surface area contributed by atoms with Gasteiger partial charge in [0.1, 0.15) is 5.75 Å². The molecule has 0 saturated heterocycles. The van der Waals surface area contributed by atoms with Crippen LogP contribution >= 0.6 is 15.9 Å². The Hall–Kier alpha value is -1.56. The lowest BCUT2D eigenvalue weighted by Crippen LogP contribution is -2.41. The second-order valence-corrected chi connectivity index (χ2v) is 6.24. The van der Waals surface area contributed by atoms with Gasteiger partial charge in [-0.05, 0) is 31.0 Å². The molecule has 0 radical (unpaired) electrons. The zero-order chi connectivity index (χ0) is 15.5. The Balaban J connectivity index is 2.10. The first kappa shape index (κ1) is 15.8. The first-order valence-electron chi connectivity index (χ1n) is 6.84. The van der Waals surface area contributed by atoms with E-state index in [1.807, 2.05) is 0 Å². The van der Waals surface area contributed by atoms with Crippen LogP contribution in [0.5, 0.6) is 5.75 Å². The van der Waals surface area contributed by atoms with Crippen LogP contribution in [0.1, 0.15) is 36.0 Å². The Morgan fingerprint density at radius 1 is 1.38 bits per heavy atom. The maximum absolute atomic E-state index is 12.3. The summed E-state index contributed by atoms with van der Waals surface area (Å²) in [7, 11) is 1.49. The first-order valence-corrected chi connectivity index (χ1v) is 7.63. The minimum absolute atomic E-state index is 0.153. The minimum atomic E-state index is -0.830. The van der Waals surface area contributed by atoms with Crippen molar-refractivity contribution in [3.8, 4) is 5.75 Å². The molecule has 114 valence electrons. The van der Waals surface area contributed by atoms with Gasteiger partial charge in [0.25, 0.3) is 5.91 Å². The highest BCUT2D eigenvalue weighted by Crippen LogP contribution is 2.37. The highest BCUT2D eigenvalue weighted by molar-refractivity contribution is 9.10. The molecule has 0 aliphatic heterocycles. The molecule has 0 spiro atoms. The molecule has 0 heterocycles. The van der Waals surface area contributed by atoms with Crippen molar-refractivity contribution in [1.29, 1.82) is 0 Å². The average Bonchev–Trinajstić information content (AvgIpc) is 2.94. The summed E-state index contributed by atoms with van der Waals surface area (Å²) in [6.45, 7) is 0.153. The first-order chi connectivity index (χ1) is 9.98. The predicted octanol–water partition coefficient (Wildman–Crippen LogP) is 2.83. The van der Waals surface area contributed by atoms with Crippen molar-refractivity contribution in [1.82, 2.24) is 5.32 Å². The number of hydrogen-bond acceptors (Lipinski definition) is 3. The number of amides is 1. The third kappa shape index (κ3) is 3.37. The van der Waals surface area contributed by atoms with Crippen molar-refractivity contribution in [2.24, 2.45) is 5.41 Å². The zero-order valence-corrected chi connectivity index (χ0v) is 13.4. The molecule has 0 bridgehead atoms. The quantitative estimate of drug-likeness (QED) is 0.851. The van der Waals surface area contributed by atoms with E-state index in [9.17, 15) is 14.7 Å². The molecule has 21 heavy (non-hydrogen) atoms. The number of carboxylic acid groups (broad SMARTS) is 1. The summed E-state index contributed by atoms with van der Waals surface area (Å²) in [4.78, 5) is 23.7. The Kier molecular flexibility index (Phi) is 4.88. The fourth-order valence-electron chi connectivity index (χ4n) is 2.72. The summed E-state index contributed by atoms with van der Waals surface area (Å²) < 4.78 is 6.00. The molecule has 5 nitrogen and oxygen atoms in total. The molecule has 1 fully saturated rings. The molecular formula is C15H18BrNO4. The molecular weight excluding hydrogens is 338 g/mol. The molecule has 0 aromatic heterocycles. The maximum Gasteiger partial charge on any atom is 0.311 e. The van der Waals surface area contributed by atoms with Crippen molar-refractivity contribution in [2.45, 2.75) is 25.7 Å². The van der Waals surface area contributed by atoms with Gasteiger partial charge in [-0.15, -0.1) is 0 Å². The van der Waals surface area contributed by atoms with E-state index >= 15 is 0 Å². The van der Waals surface area contributed by atoms with Crippen LogP contribution in [-0.4, -0.2) is 30.6 Å². The lowest BCUT2D eigenvalue weighted by molar-refractivity contribution is -0.148. The molecule has 1 aliphatic carbocycles. The fraction of sp³-hybridized carbons (Fsp3) is 0.467. The van der Waals surface area contributed by atoms with Gasteiger partial charge >= 0.3 is 5.97 Å². The predicted molar refractivity (Wildman–Crippen MR) is 81.6 cm³/mol. The third-order valence-electron chi connectivity index (χ3n) is 4.01. The number of ether oxygens (including phenoxy) is 1. The SMILES string of the molecule is COc1cc(Br)ccc1C(=O)NCC1(C(=O)O)CCCC1. The zero-order valence-electron chi connectivity index (χ0n) is 11.8. The molecule has 1 saturated carbocycles. The summed E-state index contributed by atoms with van der Waals surface area (Å²) >= 11 is 3.32. The molecule has 2 N–H and O–H groups in total. The monoisotopic (exact) mass is 355 g/mol. The normalized spacial score (nSPS) is 16.5. The van der Waals surface area contributed by atoms with Gasteiger partial charge in [0.15, 0.2) is 0 Å². The van der Waals surface area contributed by atoms with E-state index in [1.165, 1.54) is 7.11 Å². The lowest BCUT2D eigenvalue weighted by atomic mass is 9.86. The van der Waals surface area contributed by atoms with Gasteiger partial charge in [0.05, 0.1) is 18.1 Å². The molecule has 1 amide bonds. The van der Waals surface area contributed by atoms with Crippen LogP contribution in [0.15, 0.2) is 22.7 Å². The third-order valence-corrected chi connectivity index (χ3v) is 4.50. The Morgan fingerprint density at radius 3 is 2.62 bits per heavy atom. The van der Waals surface area contributed by atoms with Crippen LogP contribution in [0, 0.1) is 5.41 Å². The minimum Gasteiger partial charge on any atom is -0.496 e. The number of carbonyl (C=O) groups excluding carboxylic acids is 1. The van der Waals surface area contributed by atoms with Crippen LogP contribution in [0.25, 0.3) is 0 Å². The van der Waals surface area contributed by atoms with Gasteiger partial charge in [-0.1, -0.05) is 28.8 Å². The van der Waals surface area contributed by atoms with Gasteiger partial charge in [-0.2, -0.15) is 0 Å². The number of rotatable bonds is 5. The molecule has 6 heteroatoms.